The summed E-state index contributed by atoms with van der Waals surface area (Å²) in [5, 5.41) is 2.79. The Morgan fingerprint density at radius 1 is 1.24 bits per heavy atom. The van der Waals surface area contributed by atoms with Crippen LogP contribution in [-0.4, -0.2) is 12.5 Å². The molecular formula is C16H15F2NOS. The van der Waals surface area contributed by atoms with Crippen molar-refractivity contribution in [3.05, 3.63) is 56.8 Å². The van der Waals surface area contributed by atoms with Crippen molar-refractivity contribution < 1.29 is 13.6 Å². The average Bonchev–Trinajstić information content (AvgIpc) is 3.02. The number of hydrogen-bond acceptors (Lipinski definition) is 2. The highest BCUT2D eigenvalue weighted by Gasteiger charge is 2.18. The second-order valence-electron chi connectivity index (χ2n) is 5.15. The fourth-order valence-electron chi connectivity index (χ4n) is 2.56. The Hall–Kier alpha value is -1.75. The Bertz CT molecular complexity index is 659. The van der Waals surface area contributed by atoms with Crippen LogP contribution >= 0.6 is 11.3 Å². The second-order valence-corrected chi connectivity index (χ2v) is 6.29. The minimum atomic E-state index is -0.589. The molecule has 0 saturated heterocycles. The van der Waals surface area contributed by atoms with Gasteiger partial charge in [-0.2, -0.15) is 0 Å². The molecule has 1 heterocycles. The summed E-state index contributed by atoms with van der Waals surface area (Å²) in [7, 11) is 0. The third-order valence-corrected chi connectivity index (χ3v) is 4.90. The molecule has 1 aromatic carbocycles. The van der Waals surface area contributed by atoms with Crippen LogP contribution in [0, 0.1) is 11.6 Å². The molecule has 1 aliphatic carbocycles. The van der Waals surface area contributed by atoms with E-state index in [0.717, 1.165) is 23.8 Å². The molecular weight excluding hydrogens is 292 g/mol. The van der Waals surface area contributed by atoms with E-state index in [1.165, 1.54) is 29.0 Å². The maximum Gasteiger partial charge on any atom is 0.261 e. The molecule has 1 aliphatic rings. The molecule has 0 unspecified atom stereocenters. The lowest BCUT2D eigenvalue weighted by molar-refractivity contribution is 0.0958. The third kappa shape index (κ3) is 3.13. The smallest absolute Gasteiger partial charge is 0.261 e. The highest BCUT2D eigenvalue weighted by Crippen LogP contribution is 2.30. The number of benzene rings is 1. The Morgan fingerprint density at radius 2 is 2.10 bits per heavy atom. The number of rotatable bonds is 4. The van der Waals surface area contributed by atoms with Crippen molar-refractivity contribution in [2.45, 2.75) is 25.7 Å². The first-order chi connectivity index (χ1) is 10.1. The van der Waals surface area contributed by atoms with Gasteiger partial charge in [0.05, 0.1) is 4.88 Å². The van der Waals surface area contributed by atoms with E-state index in [1.54, 1.807) is 11.3 Å². The van der Waals surface area contributed by atoms with Crippen molar-refractivity contribution in [3.63, 3.8) is 0 Å². The Balaban J connectivity index is 1.56. The molecule has 3 rings (SSSR count). The number of hydrogen-bond donors (Lipinski definition) is 1. The maximum atomic E-state index is 13.5. The van der Waals surface area contributed by atoms with Gasteiger partial charge in [-0.15, -0.1) is 11.3 Å². The second kappa shape index (κ2) is 5.93. The first-order valence-corrected chi connectivity index (χ1v) is 7.79. The third-order valence-electron chi connectivity index (χ3n) is 3.67. The van der Waals surface area contributed by atoms with Gasteiger partial charge < -0.3 is 5.32 Å². The van der Waals surface area contributed by atoms with Gasteiger partial charge in [-0.3, -0.25) is 4.79 Å². The maximum absolute atomic E-state index is 13.5. The van der Waals surface area contributed by atoms with E-state index in [2.05, 4.69) is 5.32 Å². The Labute approximate surface area is 125 Å². The summed E-state index contributed by atoms with van der Waals surface area (Å²) in [6.45, 7) is 0.337. The first kappa shape index (κ1) is 14.2. The highest BCUT2D eigenvalue weighted by molar-refractivity contribution is 7.14. The number of carbonyl (C=O) groups is 1. The zero-order chi connectivity index (χ0) is 14.8. The molecule has 5 heteroatoms. The van der Waals surface area contributed by atoms with E-state index in [0.29, 0.717) is 18.5 Å². The van der Waals surface area contributed by atoms with Crippen molar-refractivity contribution in [2.75, 3.05) is 6.54 Å². The molecule has 1 aromatic heterocycles. The van der Waals surface area contributed by atoms with Crippen molar-refractivity contribution >= 4 is 17.2 Å². The number of fused-ring (bicyclic) bond motifs is 1. The van der Waals surface area contributed by atoms with Gasteiger partial charge in [-0.1, -0.05) is 6.07 Å². The van der Waals surface area contributed by atoms with Crippen molar-refractivity contribution in [1.82, 2.24) is 5.32 Å². The van der Waals surface area contributed by atoms with Gasteiger partial charge in [-0.05, 0) is 48.9 Å². The standard InChI is InChI=1S/C16H15F2NOS/c17-12-5-4-10(13(18)9-12)6-7-19-16(20)15-8-11-2-1-3-14(11)21-15/h4-5,8-9H,1-3,6-7H2,(H,19,20). The van der Waals surface area contributed by atoms with Crippen LogP contribution in [-0.2, 0) is 19.3 Å². The summed E-state index contributed by atoms with van der Waals surface area (Å²) in [4.78, 5) is 14.1. The quantitative estimate of drug-likeness (QED) is 0.920. The number of halogens is 2. The summed E-state index contributed by atoms with van der Waals surface area (Å²) in [6, 6.07) is 5.46. The highest BCUT2D eigenvalue weighted by atomic mass is 32.1. The number of aryl methyl sites for hydroxylation is 2. The lowest BCUT2D eigenvalue weighted by atomic mass is 10.1. The number of nitrogens with one attached hydrogen (secondary N) is 1. The fourth-order valence-corrected chi connectivity index (χ4v) is 3.73. The largest absolute Gasteiger partial charge is 0.351 e. The van der Waals surface area contributed by atoms with E-state index in [9.17, 15) is 13.6 Å². The van der Waals surface area contributed by atoms with Crippen molar-refractivity contribution in [1.29, 1.82) is 0 Å². The number of carbonyl (C=O) groups excluding carboxylic acids is 1. The monoisotopic (exact) mass is 307 g/mol. The van der Waals surface area contributed by atoms with Gasteiger partial charge in [-0.25, -0.2) is 8.78 Å². The molecule has 0 bridgehead atoms. The van der Waals surface area contributed by atoms with E-state index in [-0.39, 0.29) is 5.91 Å². The molecule has 1 N–H and O–H groups in total. The molecule has 2 nitrogen and oxygen atoms in total. The van der Waals surface area contributed by atoms with Crippen LogP contribution < -0.4 is 5.32 Å². The van der Waals surface area contributed by atoms with Crippen LogP contribution in [0.25, 0.3) is 0 Å². The average molecular weight is 307 g/mol. The lowest BCUT2D eigenvalue weighted by Crippen LogP contribution is -2.25. The van der Waals surface area contributed by atoms with Gasteiger partial charge in [0.2, 0.25) is 0 Å². The zero-order valence-corrected chi connectivity index (χ0v) is 12.2. The molecule has 1 amide bonds. The molecule has 21 heavy (non-hydrogen) atoms. The van der Waals surface area contributed by atoms with Crippen LogP contribution in [0.1, 0.15) is 32.1 Å². The lowest BCUT2D eigenvalue weighted by Gasteiger charge is -2.05. The van der Waals surface area contributed by atoms with E-state index < -0.39 is 11.6 Å². The zero-order valence-electron chi connectivity index (χ0n) is 11.4. The first-order valence-electron chi connectivity index (χ1n) is 6.97. The Morgan fingerprint density at radius 3 is 2.86 bits per heavy atom. The van der Waals surface area contributed by atoms with Gasteiger partial charge >= 0.3 is 0 Å². The molecule has 0 aliphatic heterocycles. The van der Waals surface area contributed by atoms with Crippen molar-refractivity contribution in [3.8, 4) is 0 Å². The molecule has 0 radical (unpaired) electrons. The minimum Gasteiger partial charge on any atom is -0.351 e. The molecule has 0 saturated carbocycles. The SMILES string of the molecule is O=C(NCCc1ccc(F)cc1F)c1cc2c(s1)CCC2. The molecule has 2 aromatic rings. The van der Waals surface area contributed by atoms with E-state index >= 15 is 0 Å². The number of amides is 1. The van der Waals surface area contributed by atoms with Gasteiger partial charge in [0.25, 0.3) is 5.91 Å². The summed E-state index contributed by atoms with van der Waals surface area (Å²) >= 11 is 1.55. The predicted octanol–water partition coefficient (Wildman–Crippen LogP) is 3.49. The van der Waals surface area contributed by atoms with E-state index in [1.807, 2.05) is 6.07 Å². The summed E-state index contributed by atoms with van der Waals surface area (Å²) in [6.07, 6.45) is 3.64. The Kier molecular flexibility index (Phi) is 4.01. The van der Waals surface area contributed by atoms with Crippen molar-refractivity contribution in [2.24, 2.45) is 0 Å². The molecule has 110 valence electrons. The van der Waals surface area contributed by atoms with Crippen LogP contribution in [0.3, 0.4) is 0 Å². The fraction of sp³-hybridized carbons (Fsp3) is 0.312. The summed E-state index contributed by atoms with van der Waals surface area (Å²) in [5.74, 6) is -1.27. The number of thiophene rings is 1. The van der Waals surface area contributed by atoms with Gasteiger partial charge in [0.15, 0.2) is 0 Å². The molecule has 0 spiro atoms. The van der Waals surface area contributed by atoms with Crippen LogP contribution in [0.4, 0.5) is 8.78 Å². The predicted molar refractivity (Wildman–Crippen MR) is 78.7 cm³/mol. The minimum absolute atomic E-state index is 0.114. The molecule has 0 atom stereocenters. The molecule has 0 fully saturated rings. The topological polar surface area (TPSA) is 29.1 Å². The van der Waals surface area contributed by atoms with E-state index in [4.69, 9.17) is 0 Å². The van der Waals surface area contributed by atoms with Crippen LogP contribution in [0.5, 0.6) is 0 Å². The summed E-state index contributed by atoms with van der Waals surface area (Å²) in [5.41, 5.74) is 1.69. The van der Waals surface area contributed by atoms with Crippen LogP contribution in [0.15, 0.2) is 24.3 Å². The van der Waals surface area contributed by atoms with Crippen LogP contribution in [0.2, 0.25) is 0 Å². The van der Waals surface area contributed by atoms with Gasteiger partial charge in [0.1, 0.15) is 11.6 Å². The summed E-state index contributed by atoms with van der Waals surface area (Å²) < 4.78 is 26.2. The van der Waals surface area contributed by atoms with Gasteiger partial charge in [0, 0.05) is 17.5 Å². The normalized spacial score (nSPS) is 13.2.